The molecule has 0 radical (unpaired) electrons. The van der Waals surface area contributed by atoms with Crippen molar-refractivity contribution in [2.24, 2.45) is 0 Å². The number of nitrogens with one attached hydrogen (secondary N) is 1. The van der Waals surface area contributed by atoms with Gasteiger partial charge in [-0.25, -0.2) is 4.57 Å². The third kappa shape index (κ3) is 4.19. The Balaban J connectivity index is 1.82. The van der Waals surface area contributed by atoms with Crippen LogP contribution < -0.4 is 9.88 Å². The van der Waals surface area contributed by atoms with Crippen LogP contribution in [0.15, 0.2) is 54.9 Å². The zero-order chi connectivity index (χ0) is 14.4. The van der Waals surface area contributed by atoms with Gasteiger partial charge >= 0.3 is 0 Å². The van der Waals surface area contributed by atoms with E-state index in [1.54, 1.807) is 0 Å². The minimum atomic E-state index is 0.0479. The van der Waals surface area contributed by atoms with Crippen molar-refractivity contribution in [2.75, 3.05) is 0 Å². The standard InChI is InChI=1S/C17H20N2O/c1-14-8-11-19(12-9-14)13-10-17(20)18-15(2)16-6-4-3-5-7-16/h3-9,11-12,15H,10,13H2,1-2H3/p+1. The molecule has 1 aromatic carbocycles. The molecule has 0 saturated carbocycles. The molecular formula is C17H21N2O+. The molecule has 1 N–H and O–H groups in total. The molecule has 1 amide bonds. The molecule has 0 aliphatic heterocycles. The van der Waals surface area contributed by atoms with Crippen molar-refractivity contribution < 1.29 is 9.36 Å². The van der Waals surface area contributed by atoms with Gasteiger partial charge in [0.2, 0.25) is 5.91 Å². The van der Waals surface area contributed by atoms with E-state index in [2.05, 4.69) is 12.2 Å². The van der Waals surface area contributed by atoms with E-state index >= 15 is 0 Å². The van der Waals surface area contributed by atoms with E-state index in [0.717, 1.165) is 5.56 Å². The molecule has 1 unspecified atom stereocenters. The maximum Gasteiger partial charge on any atom is 0.226 e. The van der Waals surface area contributed by atoms with Crippen molar-refractivity contribution in [3.63, 3.8) is 0 Å². The number of aryl methyl sites for hydroxylation is 2. The van der Waals surface area contributed by atoms with Crippen molar-refractivity contribution in [1.82, 2.24) is 5.32 Å². The maximum absolute atomic E-state index is 11.9. The largest absolute Gasteiger partial charge is 0.349 e. The highest BCUT2D eigenvalue weighted by Gasteiger charge is 2.11. The minimum Gasteiger partial charge on any atom is -0.349 e. The predicted molar refractivity (Wildman–Crippen MR) is 79.0 cm³/mol. The summed E-state index contributed by atoms with van der Waals surface area (Å²) < 4.78 is 2.03. The molecule has 2 rings (SSSR count). The number of benzene rings is 1. The zero-order valence-corrected chi connectivity index (χ0v) is 12.0. The van der Waals surface area contributed by atoms with Gasteiger partial charge in [0.05, 0.1) is 12.5 Å². The summed E-state index contributed by atoms with van der Waals surface area (Å²) in [6, 6.07) is 14.1. The van der Waals surface area contributed by atoms with Crippen LogP contribution in [0.1, 0.15) is 30.5 Å². The number of hydrogen-bond donors (Lipinski definition) is 1. The van der Waals surface area contributed by atoms with Crippen molar-refractivity contribution >= 4 is 5.91 Å². The Morgan fingerprint density at radius 1 is 1.15 bits per heavy atom. The number of nitrogens with zero attached hydrogens (tertiary/aromatic N) is 1. The lowest BCUT2D eigenvalue weighted by molar-refractivity contribution is -0.695. The number of amides is 1. The molecule has 3 heteroatoms. The first-order valence-corrected chi connectivity index (χ1v) is 6.95. The lowest BCUT2D eigenvalue weighted by Crippen LogP contribution is -2.36. The number of rotatable bonds is 5. The van der Waals surface area contributed by atoms with E-state index in [4.69, 9.17) is 0 Å². The molecule has 1 aromatic heterocycles. The highest BCUT2D eigenvalue weighted by Crippen LogP contribution is 2.10. The van der Waals surface area contributed by atoms with Crippen molar-refractivity contribution in [3.8, 4) is 0 Å². The summed E-state index contributed by atoms with van der Waals surface area (Å²) in [7, 11) is 0. The van der Waals surface area contributed by atoms with E-state index in [9.17, 15) is 4.79 Å². The molecule has 1 atom stereocenters. The van der Waals surface area contributed by atoms with E-state index < -0.39 is 0 Å². The van der Waals surface area contributed by atoms with E-state index in [0.29, 0.717) is 13.0 Å². The Morgan fingerprint density at radius 2 is 1.80 bits per heavy atom. The Labute approximate surface area is 120 Å². The van der Waals surface area contributed by atoms with Gasteiger partial charge in [-0.2, -0.15) is 0 Å². The van der Waals surface area contributed by atoms with Crippen LogP contribution in [0.4, 0.5) is 0 Å². The molecule has 1 heterocycles. The number of aromatic nitrogens is 1. The molecule has 0 bridgehead atoms. The monoisotopic (exact) mass is 269 g/mol. The maximum atomic E-state index is 11.9. The van der Waals surface area contributed by atoms with Crippen LogP contribution in [-0.2, 0) is 11.3 Å². The molecule has 0 spiro atoms. The van der Waals surface area contributed by atoms with Gasteiger partial charge in [-0.3, -0.25) is 4.79 Å². The second-order valence-corrected chi connectivity index (χ2v) is 5.06. The van der Waals surface area contributed by atoms with Crippen LogP contribution in [-0.4, -0.2) is 5.91 Å². The van der Waals surface area contributed by atoms with Gasteiger partial charge in [-0.05, 0) is 25.0 Å². The molecule has 0 aliphatic rings. The number of hydrogen-bond acceptors (Lipinski definition) is 1. The van der Waals surface area contributed by atoms with Gasteiger partial charge in [-0.15, -0.1) is 0 Å². The van der Waals surface area contributed by atoms with Crippen LogP contribution in [0.3, 0.4) is 0 Å². The molecule has 0 saturated heterocycles. The van der Waals surface area contributed by atoms with Crippen molar-refractivity contribution in [2.45, 2.75) is 32.9 Å². The van der Waals surface area contributed by atoms with Gasteiger partial charge in [0.1, 0.15) is 0 Å². The van der Waals surface area contributed by atoms with Crippen LogP contribution in [0.25, 0.3) is 0 Å². The van der Waals surface area contributed by atoms with Gasteiger partial charge in [0.25, 0.3) is 0 Å². The fourth-order valence-corrected chi connectivity index (χ4v) is 2.05. The average molecular weight is 269 g/mol. The van der Waals surface area contributed by atoms with Gasteiger partial charge < -0.3 is 5.32 Å². The molecule has 2 aromatic rings. The Morgan fingerprint density at radius 3 is 2.45 bits per heavy atom. The fraction of sp³-hybridized carbons (Fsp3) is 0.294. The van der Waals surface area contributed by atoms with Gasteiger partial charge in [-0.1, -0.05) is 30.3 Å². The first-order valence-electron chi connectivity index (χ1n) is 6.95. The number of carbonyl (C=O) groups excluding carboxylic acids is 1. The van der Waals surface area contributed by atoms with Crippen LogP contribution in [0.5, 0.6) is 0 Å². The smallest absolute Gasteiger partial charge is 0.226 e. The second-order valence-electron chi connectivity index (χ2n) is 5.06. The van der Waals surface area contributed by atoms with E-state index in [1.165, 1.54) is 5.56 Å². The highest BCUT2D eigenvalue weighted by molar-refractivity contribution is 5.76. The number of carbonyl (C=O) groups is 1. The van der Waals surface area contributed by atoms with Gasteiger partial charge in [0.15, 0.2) is 18.9 Å². The first kappa shape index (κ1) is 14.3. The molecule has 104 valence electrons. The topological polar surface area (TPSA) is 33.0 Å². The lowest BCUT2D eigenvalue weighted by atomic mass is 10.1. The Bertz CT molecular complexity index is 549. The van der Waals surface area contributed by atoms with E-state index in [-0.39, 0.29) is 11.9 Å². The SMILES string of the molecule is Cc1cc[n+](CCC(=O)NC(C)c2ccccc2)cc1. The van der Waals surface area contributed by atoms with Gasteiger partial charge in [0, 0.05) is 12.1 Å². The first-order chi connectivity index (χ1) is 9.65. The zero-order valence-electron chi connectivity index (χ0n) is 12.0. The molecule has 0 fully saturated rings. The Hall–Kier alpha value is -2.16. The fourth-order valence-electron chi connectivity index (χ4n) is 2.05. The van der Waals surface area contributed by atoms with E-state index in [1.807, 2.05) is 66.3 Å². The number of pyridine rings is 1. The van der Waals surface area contributed by atoms with Crippen molar-refractivity contribution in [1.29, 1.82) is 0 Å². The lowest BCUT2D eigenvalue weighted by Gasteiger charge is -2.13. The normalized spacial score (nSPS) is 11.9. The summed E-state index contributed by atoms with van der Waals surface area (Å²) >= 11 is 0. The highest BCUT2D eigenvalue weighted by atomic mass is 16.1. The third-order valence-corrected chi connectivity index (χ3v) is 3.33. The summed E-state index contributed by atoms with van der Waals surface area (Å²) in [5.74, 6) is 0.0782. The van der Waals surface area contributed by atoms with Crippen LogP contribution in [0.2, 0.25) is 0 Å². The second kappa shape index (κ2) is 6.85. The van der Waals surface area contributed by atoms with Crippen molar-refractivity contribution in [3.05, 3.63) is 66.0 Å². The molecular weight excluding hydrogens is 248 g/mol. The summed E-state index contributed by atoms with van der Waals surface area (Å²) in [6.45, 7) is 4.76. The summed E-state index contributed by atoms with van der Waals surface area (Å²) in [5.41, 5.74) is 2.35. The predicted octanol–water partition coefficient (Wildman–Crippen LogP) is 2.55. The quantitative estimate of drug-likeness (QED) is 0.831. The summed E-state index contributed by atoms with van der Waals surface area (Å²) in [5, 5.41) is 3.03. The summed E-state index contributed by atoms with van der Waals surface area (Å²) in [6.07, 6.45) is 4.50. The summed E-state index contributed by atoms with van der Waals surface area (Å²) in [4.78, 5) is 11.9. The minimum absolute atomic E-state index is 0.0479. The van der Waals surface area contributed by atoms with Crippen LogP contribution in [0, 0.1) is 6.92 Å². The Kier molecular flexibility index (Phi) is 4.88. The van der Waals surface area contributed by atoms with Crippen LogP contribution >= 0.6 is 0 Å². The molecule has 20 heavy (non-hydrogen) atoms. The molecule has 0 aliphatic carbocycles. The average Bonchev–Trinajstić information content (AvgIpc) is 2.47. The molecule has 3 nitrogen and oxygen atoms in total. The third-order valence-electron chi connectivity index (χ3n) is 3.33.